The molecule has 0 spiro atoms. The van der Waals surface area contributed by atoms with Crippen molar-refractivity contribution >= 4 is 17.4 Å². The Bertz CT molecular complexity index is 340. The van der Waals surface area contributed by atoms with E-state index in [1.807, 2.05) is 12.1 Å². The van der Waals surface area contributed by atoms with Crippen molar-refractivity contribution in [3.05, 3.63) is 34.9 Å². The average molecular weight is 209 g/mol. The van der Waals surface area contributed by atoms with Crippen molar-refractivity contribution in [3.8, 4) is 0 Å². The zero-order valence-electron chi connectivity index (χ0n) is 8.00. The Balaban J connectivity index is 2.17. The molecule has 0 saturated heterocycles. The van der Waals surface area contributed by atoms with Gasteiger partial charge in [-0.05, 0) is 25.0 Å². The topological polar surface area (TPSA) is 17.1 Å². The number of hydrogen-bond acceptors (Lipinski definition) is 1. The Labute approximate surface area is 89.1 Å². The summed E-state index contributed by atoms with van der Waals surface area (Å²) in [5, 5.41) is 0.647. The van der Waals surface area contributed by atoms with E-state index in [1.165, 1.54) is 12.8 Å². The highest BCUT2D eigenvalue weighted by molar-refractivity contribution is 6.31. The van der Waals surface area contributed by atoms with Crippen LogP contribution in [0.5, 0.6) is 0 Å². The molecule has 0 N–H and O–H groups in total. The molecule has 0 unspecified atom stereocenters. The van der Waals surface area contributed by atoms with E-state index >= 15 is 0 Å². The van der Waals surface area contributed by atoms with E-state index in [1.54, 1.807) is 12.1 Å². The van der Waals surface area contributed by atoms with Gasteiger partial charge in [-0.3, -0.25) is 4.79 Å². The lowest BCUT2D eigenvalue weighted by Crippen LogP contribution is -2.10. The first-order chi connectivity index (χ1) is 6.77. The predicted octanol–water partition coefficient (Wildman–Crippen LogP) is 3.71. The predicted molar refractivity (Wildman–Crippen MR) is 57.7 cm³/mol. The van der Waals surface area contributed by atoms with Gasteiger partial charge in [0.1, 0.15) is 0 Å². The molecule has 1 saturated carbocycles. The maximum atomic E-state index is 11.9. The highest BCUT2D eigenvalue weighted by atomic mass is 35.5. The molecule has 0 radical (unpaired) electrons. The van der Waals surface area contributed by atoms with Crippen LogP contribution in [0.4, 0.5) is 0 Å². The van der Waals surface area contributed by atoms with Crippen molar-refractivity contribution in [2.24, 2.45) is 5.92 Å². The Morgan fingerprint density at radius 2 is 2.00 bits per heavy atom. The molecule has 0 amide bonds. The lowest BCUT2D eigenvalue weighted by molar-refractivity contribution is 0.0923. The van der Waals surface area contributed by atoms with E-state index in [-0.39, 0.29) is 11.7 Å². The van der Waals surface area contributed by atoms with E-state index < -0.39 is 0 Å². The van der Waals surface area contributed by atoms with Gasteiger partial charge in [-0.25, -0.2) is 0 Å². The SMILES string of the molecule is O=C(c1cccc(Cl)c1)C1CCCC1. The first-order valence-corrected chi connectivity index (χ1v) is 5.45. The maximum absolute atomic E-state index is 11.9. The van der Waals surface area contributed by atoms with Crippen LogP contribution in [-0.2, 0) is 0 Å². The minimum Gasteiger partial charge on any atom is -0.294 e. The number of carbonyl (C=O) groups excluding carboxylic acids is 1. The molecule has 1 aromatic carbocycles. The average Bonchev–Trinajstić information content (AvgIpc) is 2.69. The fourth-order valence-electron chi connectivity index (χ4n) is 2.07. The number of benzene rings is 1. The molecule has 1 fully saturated rings. The largest absolute Gasteiger partial charge is 0.294 e. The number of Topliss-reactive ketones (excluding diaryl/α,β-unsaturated/α-hetero) is 1. The molecule has 0 aromatic heterocycles. The smallest absolute Gasteiger partial charge is 0.165 e. The minimum absolute atomic E-state index is 0.244. The van der Waals surface area contributed by atoms with Crippen LogP contribution >= 0.6 is 11.6 Å². The Morgan fingerprint density at radius 1 is 1.29 bits per heavy atom. The van der Waals surface area contributed by atoms with Gasteiger partial charge in [0, 0.05) is 16.5 Å². The van der Waals surface area contributed by atoms with Gasteiger partial charge in [0.25, 0.3) is 0 Å². The third kappa shape index (κ3) is 1.98. The Hall–Kier alpha value is -0.820. The molecule has 0 atom stereocenters. The van der Waals surface area contributed by atoms with Crippen molar-refractivity contribution in [2.75, 3.05) is 0 Å². The molecular formula is C12H13ClO. The molecule has 0 bridgehead atoms. The van der Waals surface area contributed by atoms with E-state index in [4.69, 9.17) is 11.6 Å². The summed E-state index contributed by atoms with van der Waals surface area (Å²) in [5.41, 5.74) is 0.768. The van der Waals surface area contributed by atoms with Crippen LogP contribution in [0, 0.1) is 5.92 Å². The van der Waals surface area contributed by atoms with E-state index in [2.05, 4.69) is 0 Å². The summed E-state index contributed by atoms with van der Waals surface area (Å²) in [6, 6.07) is 7.26. The number of ketones is 1. The summed E-state index contributed by atoms with van der Waals surface area (Å²) >= 11 is 5.84. The van der Waals surface area contributed by atoms with Crippen molar-refractivity contribution < 1.29 is 4.79 Å². The van der Waals surface area contributed by atoms with Crippen LogP contribution in [0.1, 0.15) is 36.0 Å². The normalized spacial score (nSPS) is 17.2. The van der Waals surface area contributed by atoms with Gasteiger partial charge in [-0.15, -0.1) is 0 Å². The molecule has 0 heterocycles. The van der Waals surface area contributed by atoms with Crippen molar-refractivity contribution in [2.45, 2.75) is 25.7 Å². The van der Waals surface area contributed by atoms with Crippen LogP contribution < -0.4 is 0 Å². The monoisotopic (exact) mass is 208 g/mol. The fourth-order valence-corrected chi connectivity index (χ4v) is 2.26. The summed E-state index contributed by atoms with van der Waals surface area (Å²) in [5.74, 6) is 0.512. The van der Waals surface area contributed by atoms with Gasteiger partial charge >= 0.3 is 0 Å². The third-order valence-electron chi connectivity index (χ3n) is 2.84. The second kappa shape index (κ2) is 4.14. The van der Waals surface area contributed by atoms with E-state index in [0.717, 1.165) is 18.4 Å². The molecule has 1 nitrogen and oxygen atoms in total. The highest BCUT2D eigenvalue weighted by Gasteiger charge is 2.23. The van der Waals surface area contributed by atoms with Crippen molar-refractivity contribution in [1.82, 2.24) is 0 Å². The van der Waals surface area contributed by atoms with Gasteiger partial charge in [0.15, 0.2) is 5.78 Å². The second-order valence-corrected chi connectivity index (χ2v) is 4.29. The standard InChI is InChI=1S/C12H13ClO/c13-11-7-3-6-10(8-11)12(14)9-4-1-2-5-9/h3,6-9H,1-2,4-5H2. The first-order valence-electron chi connectivity index (χ1n) is 5.07. The summed E-state index contributed by atoms with van der Waals surface area (Å²) in [4.78, 5) is 11.9. The van der Waals surface area contributed by atoms with Crippen molar-refractivity contribution in [1.29, 1.82) is 0 Å². The molecule has 1 aliphatic carbocycles. The fraction of sp³-hybridized carbons (Fsp3) is 0.417. The van der Waals surface area contributed by atoms with Gasteiger partial charge < -0.3 is 0 Å². The zero-order chi connectivity index (χ0) is 9.97. The second-order valence-electron chi connectivity index (χ2n) is 3.86. The maximum Gasteiger partial charge on any atom is 0.165 e. The lowest BCUT2D eigenvalue weighted by Gasteiger charge is -2.07. The minimum atomic E-state index is 0.244. The van der Waals surface area contributed by atoms with E-state index in [9.17, 15) is 4.79 Å². The Kier molecular flexibility index (Phi) is 2.87. The van der Waals surface area contributed by atoms with Gasteiger partial charge in [0.05, 0.1) is 0 Å². The molecular weight excluding hydrogens is 196 g/mol. The van der Waals surface area contributed by atoms with Gasteiger partial charge in [-0.1, -0.05) is 36.6 Å². The molecule has 1 aromatic rings. The van der Waals surface area contributed by atoms with Crippen LogP contribution in [0.3, 0.4) is 0 Å². The summed E-state index contributed by atoms with van der Waals surface area (Å²) in [6.07, 6.45) is 4.48. The molecule has 0 aliphatic heterocycles. The number of halogens is 1. The van der Waals surface area contributed by atoms with E-state index in [0.29, 0.717) is 5.02 Å². The number of hydrogen-bond donors (Lipinski definition) is 0. The van der Waals surface area contributed by atoms with Crippen LogP contribution in [0.2, 0.25) is 5.02 Å². The lowest BCUT2D eigenvalue weighted by atomic mass is 9.96. The van der Waals surface area contributed by atoms with Gasteiger partial charge in [0.2, 0.25) is 0 Å². The van der Waals surface area contributed by atoms with Crippen molar-refractivity contribution in [3.63, 3.8) is 0 Å². The summed E-state index contributed by atoms with van der Waals surface area (Å²) in [7, 11) is 0. The third-order valence-corrected chi connectivity index (χ3v) is 3.07. The molecule has 1 aliphatic rings. The quantitative estimate of drug-likeness (QED) is 0.678. The highest BCUT2D eigenvalue weighted by Crippen LogP contribution is 2.28. The molecule has 2 rings (SSSR count). The summed E-state index contributed by atoms with van der Waals surface area (Å²) in [6.45, 7) is 0. The number of carbonyl (C=O) groups is 1. The van der Waals surface area contributed by atoms with Crippen LogP contribution in [0.15, 0.2) is 24.3 Å². The molecule has 74 valence electrons. The first kappa shape index (κ1) is 9.72. The molecule has 2 heteroatoms. The number of rotatable bonds is 2. The zero-order valence-corrected chi connectivity index (χ0v) is 8.76. The van der Waals surface area contributed by atoms with Gasteiger partial charge in [-0.2, -0.15) is 0 Å². The molecule has 14 heavy (non-hydrogen) atoms. The van der Waals surface area contributed by atoms with Crippen LogP contribution in [-0.4, -0.2) is 5.78 Å². The summed E-state index contributed by atoms with van der Waals surface area (Å²) < 4.78 is 0. The Morgan fingerprint density at radius 3 is 2.64 bits per heavy atom. The van der Waals surface area contributed by atoms with Crippen LogP contribution in [0.25, 0.3) is 0 Å².